The van der Waals surface area contributed by atoms with Gasteiger partial charge in [0.2, 0.25) is 5.91 Å². The first-order valence-corrected chi connectivity index (χ1v) is 6.56. The van der Waals surface area contributed by atoms with Crippen molar-refractivity contribution in [2.45, 2.75) is 25.9 Å². The van der Waals surface area contributed by atoms with E-state index in [2.05, 4.69) is 0 Å². The molecule has 0 unspecified atom stereocenters. The molecular formula is C15H17NO3. The number of β-amino-alcohol motifs (C(OH)–C–C–N with tert-alkyl or cyclic N) is 1. The van der Waals surface area contributed by atoms with E-state index in [1.807, 2.05) is 25.1 Å². The summed E-state index contributed by atoms with van der Waals surface area (Å²) in [5, 5.41) is 10.5. The third-order valence-electron chi connectivity index (χ3n) is 3.67. The highest BCUT2D eigenvalue weighted by Gasteiger charge is 2.25. The van der Waals surface area contributed by atoms with Crippen LogP contribution >= 0.6 is 0 Å². The maximum Gasteiger partial charge on any atom is 0.227 e. The molecule has 1 saturated heterocycles. The number of amides is 1. The molecule has 1 aromatic heterocycles. The lowest BCUT2D eigenvalue weighted by atomic mass is 10.1. The lowest BCUT2D eigenvalue weighted by Crippen LogP contribution is -2.30. The Morgan fingerprint density at radius 3 is 3.11 bits per heavy atom. The zero-order chi connectivity index (χ0) is 13.4. The topological polar surface area (TPSA) is 53.7 Å². The van der Waals surface area contributed by atoms with Crippen molar-refractivity contribution in [3.05, 3.63) is 35.6 Å². The zero-order valence-electron chi connectivity index (χ0n) is 10.9. The first-order valence-electron chi connectivity index (χ1n) is 6.56. The van der Waals surface area contributed by atoms with E-state index in [9.17, 15) is 9.90 Å². The molecule has 3 rings (SSSR count). The first-order chi connectivity index (χ1) is 9.13. The molecule has 0 saturated carbocycles. The summed E-state index contributed by atoms with van der Waals surface area (Å²) < 4.78 is 5.49. The Bertz CT molecular complexity index is 617. The van der Waals surface area contributed by atoms with Crippen LogP contribution in [-0.2, 0) is 11.2 Å². The molecule has 2 heterocycles. The van der Waals surface area contributed by atoms with Crippen LogP contribution in [0.25, 0.3) is 11.0 Å². The molecular weight excluding hydrogens is 242 g/mol. The summed E-state index contributed by atoms with van der Waals surface area (Å²) in [5.41, 5.74) is 2.88. The molecule has 0 aliphatic carbocycles. The van der Waals surface area contributed by atoms with Gasteiger partial charge in [0.25, 0.3) is 0 Å². The van der Waals surface area contributed by atoms with Gasteiger partial charge in [0, 0.05) is 24.0 Å². The fraction of sp³-hybridized carbons (Fsp3) is 0.400. The van der Waals surface area contributed by atoms with Crippen molar-refractivity contribution in [1.82, 2.24) is 4.90 Å². The van der Waals surface area contributed by atoms with Gasteiger partial charge in [-0.25, -0.2) is 0 Å². The Balaban J connectivity index is 1.80. The van der Waals surface area contributed by atoms with Gasteiger partial charge < -0.3 is 14.4 Å². The molecule has 100 valence electrons. The zero-order valence-corrected chi connectivity index (χ0v) is 10.9. The highest BCUT2D eigenvalue weighted by Crippen LogP contribution is 2.23. The molecule has 0 radical (unpaired) electrons. The quantitative estimate of drug-likeness (QED) is 0.896. The van der Waals surface area contributed by atoms with Crippen LogP contribution in [0.15, 0.2) is 28.9 Å². The fourth-order valence-corrected chi connectivity index (χ4v) is 2.57. The fourth-order valence-electron chi connectivity index (χ4n) is 2.57. The smallest absolute Gasteiger partial charge is 0.227 e. The number of likely N-dealkylation sites (tertiary alicyclic amines) is 1. The number of furan rings is 1. The highest BCUT2D eigenvalue weighted by molar-refractivity contribution is 5.88. The lowest BCUT2D eigenvalue weighted by Gasteiger charge is -2.14. The molecule has 4 heteroatoms. The summed E-state index contributed by atoms with van der Waals surface area (Å²) in [6.07, 6.45) is 2.31. The maximum atomic E-state index is 12.1. The van der Waals surface area contributed by atoms with Crippen LogP contribution in [-0.4, -0.2) is 35.1 Å². The second-order valence-corrected chi connectivity index (χ2v) is 5.22. The normalized spacial score (nSPS) is 19.3. The van der Waals surface area contributed by atoms with E-state index in [0.29, 0.717) is 25.9 Å². The summed E-state index contributed by atoms with van der Waals surface area (Å²) in [7, 11) is 0. The summed E-state index contributed by atoms with van der Waals surface area (Å²) in [5.74, 6) is 0.0554. The van der Waals surface area contributed by atoms with Gasteiger partial charge in [0.05, 0.1) is 18.8 Å². The van der Waals surface area contributed by atoms with Crippen molar-refractivity contribution in [1.29, 1.82) is 0 Å². The number of nitrogens with zero attached hydrogens (tertiary/aromatic N) is 1. The van der Waals surface area contributed by atoms with E-state index >= 15 is 0 Å². The number of hydrogen-bond acceptors (Lipinski definition) is 3. The van der Waals surface area contributed by atoms with Gasteiger partial charge >= 0.3 is 0 Å². The van der Waals surface area contributed by atoms with Crippen LogP contribution in [0.4, 0.5) is 0 Å². The molecule has 1 fully saturated rings. The maximum absolute atomic E-state index is 12.1. The molecule has 1 aliphatic rings. The predicted molar refractivity (Wildman–Crippen MR) is 71.9 cm³/mol. The number of benzene rings is 1. The number of fused-ring (bicyclic) bond motifs is 1. The van der Waals surface area contributed by atoms with E-state index in [4.69, 9.17) is 4.42 Å². The number of hydrogen-bond donors (Lipinski definition) is 1. The molecule has 1 atom stereocenters. The first kappa shape index (κ1) is 12.2. The van der Waals surface area contributed by atoms with Crippen LogP contribution in [0, 0.1) is 6.92 Å². The average Bonchev–Trinajstić information content (AvgIpc) is 2.96. The molecule has 0 spiro atoms. The highest BCUT2D eigenvalue weighted by atomic mass is 16.3. The number of rotatable bonds is 2. The predicted octanol–water partition coefficient (Wildman–Crippen LogP) is 1.88. The van der Waals surface area contributed by atoms with E-state index in [0.717, 1.165) is 22.1 Å². The van der Waals surface area contributed by atoms with Gasteiger partial charge in [0.15, 0.2) is 0 Å². The Morgan fingerprint density at radius 1 is 1.53 bits per heavy atom. The largest absolute Gasteiger partial charge is 0.464 e. The summed E-state index contributed by atoms with van der Waals surface area (Å²) >= 11 is 0. The Kier molecular flexibility index (Phi) is 3.03. The summed E-state index contributed by atoms with van der Waals surface area (Å²) in [4.78, 5) is 13.9. The van der Waals surface area contributed by atoms with Crippen molar-refractivity contribution in [3.8, 4) is 0 Å². The monoisotopic (exact) mass is 259 g/mol. The minimum absolute atomic E-state index is 0.0554. The third kappa shape index (κ3) is 2.36. The Morgan fingerprint density at radius 2 is 2.37 bits per heavy atom. The second kappa shape index (κ2) is 4.70. The number of carbonyl (C=O) groups is 1. The van der Waals surface area contributed by atoms with E-state index in [-0.39, 0.29) is 12.0 Å². The molecule has 1 aromatic carbocycles. The van der Waals surface area contributed by atoms with Gasteiger partial charge in [-0.05, 0) is 25.0 Å². The van der Waals surface area contributed by atoms with Gasteiger partial charge in [-0.3, -0.25) is 4.79 Å². The number of carbonyl (C=O) groups excluding carboxylic acids is 1. The van der Waals surface area contributed by atoms with Gasteiger partial charge in [-0.15, -0.1) is 0 Å². The minimum atomic E-state index is -0.368. The van der Waals surface area contributed by atoms with E-state index in [1.54, 1.807) is 11.2 Å². The number of aryl methyl sites for hydroxylation is 1. The van der Waals surface area contributed by atoms with Crippen LogP contribution in [0.5, 0.6) is 0 Å². The van der Waals surface area contributed by atoms with Crippen LogP contribution in [0.2, 0.25) is 0 Å². The Hall–Kier alpha value is -1.81. The molecule has 1 amide bonds. The van der Waals surface area contributed by atoms with Crippen molar-refractivity contribution in [2.24, 2.45) is 0 Å². The molecule has 1 N–H and O–H groups in total. The SMILES string of the molecule is Cc1ccc2c(CC(=O)N3CC[C@@H](O)C3)coc2c1. The van der Waals surface area contributed by atoms with Crippen molar-refractivity contribution in [2.75, 3.05) is 13.1 Å². The van der Waals surface area contributed by atoms with Crippen molar-refractivity contribution < 1.29 is 14.3 Å². The van der Waals surface area contributed by atoms with Gasteiger partial charge in [-0.2, -0.15) is 0 Å². The van der Waals surface area contributed by atoms with Crippen LogP contribution in [0.3, 0.4) is 0 Å². The molecule has 1 aliphatic heterocycles. The van der Waals surface area contributed by atoms with Crippen LogP contribution in [0.1, 0.15) is 17.5 Å². The summed E-state index contributed by atoms with van der Waals surface area (Å²) in [6.45, 7) is 3.11. The average molecular weight is 259 g/mol. The lowest BCUT2D eigenvalue weighted by molar-refractivity contribution is -0.129. The summed E-state index contributed by atoms with van der Waals surface area (Å²) in [6, 6.07) is 5.99. The van der Waals surface area contributed by atoms with Crippen molar-refractivity contribution in [3.63, 3.8) is 0 Å². The van der Waals surface area contributed by atoms with Crippen molar-refractivity contribution >= 4 is 16.9 Å². The van der Waals surface area contributed by atoms with E-state index in [1.165, 1.54) is 0 Å². The minimum Gasteiger partial charge on any atom is -0.464 e. The second-order valence-electron chi connectivity index (χ2n) is 5.22. The number of aliphatic hydroxyl groups is 1. The molecule has 4 nitrogen and oxygen atoms in total. The van der Waals surface area contributed by atoms with Crippen LogP contribution < -0.4 is 0 Å². The molecule has 2 aromatic rings. The van der Waals surface area contributed by atoms with Gasteiger partial charge in [-0.1, -0.05) is 12.1 Å². The third-order valence-corrected chi connectivity index (χ3v) is 3.67. The number of aliphatic hydroxyl groups excluding tert-OH is 1. The van der Waals surface area contributed by atoms with E-state index < -0.39 is 0 Å². The Labute approximate surface area is 111 Å². The standard InChI is InChI=1S/C15H17NO3/c1-10-2-3-13-11(9-19-14(13)6-10)7-15(18)16-5-4-12(17)8-16/h2-3,6,9,12,17H,4-5,7-8H2,1H3/t12-/m1/s1. The molecule has 19 heavy (non-hydrogen) atoms. The molecule has 0 bridgehead atoms. The van der Waals surface area contributed by atoms with Gasteiger partial charge in [0.1, 0.15) is 5.58 Å².